The number of halogens is 1. The Kier molecular flexibility index (Phi) is 5.70. The number of aliphatic hydroxyl groups is 3. The van der Waals surface area contributed by atoms with E-state index < -0.39 is 42.5 Å². The maximum absolute atomic E-state index is 14.7. The summed E-state index contributed by atoms with van der Waals surface area (Å²) in [5.41, 5.74) is 3.10. The fourth-order valence-electron chi connectivity index (χ4n) is 3.48. The summed E-state index contributed by atoms with van der Waals surface area (Å²) in [5.74, 6) is -2.65. The van der Waals surface area contributed by atoms with Crippen molar-refractivity contribution in [2.75, 3.05) is 0 Å². The van der Waals surface area contributed by atoms with Crippen LogP contribution in [0, 0.1) is 12.7 Å². The second kappa shape index (κ2) is 8.32. The number of nitrogens with zero attached hydrogens (tertiary/aromatic N) is 1. The van der Waals surface area contributed by atoms with Crippen molar-refractivity contribution in [3.63, 3.8) is 0 Å². The van der Waals surface area contributed by atoms with Crippen LogP contribution < -0.4 is 4.74 Å². The first-order chi connectivity index (χ1) is 15.2. The number of hydrogen-bond donors (Lipinski definition) is 4. The molecule has 32 heavy (non-hydrogen) atoms. The second-order valence-electron chi connectivity index (χ2n) is 7.42. The van der Waals surface area contributed by atoms with Crippen LogP contribution in [0.5, 0.6) is 5.75 Å². The molecule has 9 nitrogen and oxygen atoms in total. The molecule has 0 amide bonds. The molecule has 1 aliphatic rings. The van der Waals surface area contributed by atoms with E-state index in [0.29, 0.717) is 16.7 Å². The molecule has 2 aromatic carbocycles. The summed E-state index contributed by atoms with van der Waals surface area (Å²) in [5, 5.41) is 38.7. The van der Waals surface area contributed by atoms with Gasteiger partial charge in [0.15, 0.2) is 23.3 Å². The number of aliphatic hydroxyl groups excluding tert-OH is 3. The number of aromatic nitrogens is 1. The Balaban J connectivity index is 1.61. The van der Waals surface area contributed by atoms with Gasteiger partial charge in [0.05, 0.1) is 0 Å². The van der Waals surface area contributed by atoms with E-state index >= 15 is 0 Å². The smallest absolute Gasteiger partial charge is 0.335 e. The zero-order valence-corrected chi connectivity index (χ0v) is 16.8. The van der Waals surface area contributed by atoms with Gasteiger partial charge in [0.2, 0.25) is 12.2 Å². The summed E-state index contributed by atoms with van der Waals surface area (Å²) < 4.78 is 30.8. The summed E-state index contributed by atoms with van der Waals surface area (Å²) in [6.45, 7) is 5.65. The zero-order chi connectivity index (χ0) is 23.2. The van der Waals surface area contributed by atoms with Crippen LogP contribution in [0.15, 0.2) is 41.3 Å². The van der Waals surface area contributed by atoms with Crippen LogP contribution >= 0.6 is 0 Å². The Bertz CT molecular complexity index is 1190. The molecule has 1 saturated heterocycles. The molecule has 0 radical (unpaired) electrons. The topological polar surface area (TPSA) is 142 Å². The predicted octanol–water partition coefficient (Wildman–Crippen LogP) is 1.86. The van der Waals surface area contributed by atoms with E-state index in [9.17, 15) is 24.5 Å². The van der Waals surface area contributed by atoms with Crippen LogP contribution in [0.25, 0.3) is 28.6 Å². The molecule has 4 rings (SSSR count). The van der Waals surface area contributed by atoms with Gasteiger partial charge in [0, 0.05) is 11.1 Å². The third kappa shape index (κ3) is 3.84. The number of carboxylic acid groups (broad SMARTS) is 1. The molecule has 0 bridgehead atoms. The quantitative estimate of drug-likeness (QED) is 0.463. The Morgan fingerprint density at radius 2 is 1.94 bits per heavy atom. The van der Waals surface area contributed by atoms with E-state index in [1.165, 1.54) is 12.1 Å². The Hall–Kier alpha value is -3.31. The van der Waals surface area contributed by atoms with Gasteiger partial charge in [-0.2, -0.15) is 0 Å². The third-order valence-electron chi connectivity index (χ3n) is 5.12. The first-order valence-corrected chi connectivity index (χ1v) is 9.62. The zero-order valence-electron chi connectivity index (χ0n) is 16.8. The molecule has 10 heteroatoms. The number of oxazole rings is 1. The molecule has 5 atom stereocenters. The number of carbonyl (C=O) groups is 1. The highest BCUT2D eigenvalue weighted by Gasteiger charge is 2.48. The lowest BCUT2D eigenvalue weighted by atomic mass is 9.99. The van der Waals surface area contributed by atoms with Crippen LogP contribution in [-0.2, 0) is 9.53 Å². The molecule has 3 aromatic rings. The highest BCUT2D eigenvalue weighted by Crippen LogP contribution is 2.32. The molecule has 4 N–H and O–H groups in total. The monoisotopic (exact) mass is 445 g/mol. The molecule has 168 valence electrons. The van der Waals surface area contributed by atoms with E-state index in [1.807, 2.05) is 19.1 Å². The van der Waals surface area contributed by atoms with Gasteiger partial charge in [0.1, 0.15) is 23.8 Å². The van der Waals surface area contributed by atoms with Crippen LogP contribution in [-0.4, -0.2) is 62.1 Å². The lowest BCUT2D eigenvalue weighted by Gasteiger charge is -2.38. The summed E-state index contributed by atoms with van der Waals surface area (Å²) in [4.78, 5) is 15.6. The van der Waals surface area contributed by atoms with Crippen LogP contribution in [0.2, 0.25) is 0 Å². The van der Waals surface area contributed by atoms with Crippen molar-refractivity contribution in [3.05, 3.63) is 53.9 Å². The van der Waals surface area contributed by atoms with Crippen molar-refractivity contribution in [1.29, 1.82) is 0 Å². The number of ether oxygens (including phenoxy) is 2. The number of rotatable bonds is 5. The minimum absolute atomic E-state index is 0.164. The molecule has 1 aromatic heterocycles. The first-order valence-electron chi connectivity index (χ1n) is 9.62. The minimum Gasteiger partial charge on any atom is -0.479 e. The molecule has 1 aliphatic heterocycles. The van der Waals surface area contributed by atoms with E-state index in [0.717, 1.165) is 17.2 Å². The van der Waals surface area contributed by atoms with Crippen molar-refractivity contribution >= 4 is 23.1 Å². The maximum Gasteiger partial charge on any atom is 0.335 e. The molecule has 0 aliphatic carbocycles. The molecule has 2 heterocycles. The van der Waals surface area contributed by atoms with Crippen LogP contribution in [0.4, 0.5) is 4.39 Å². The molecular formula is C22H20FNO8. The molecule has 1 unspecified atom stereocenters. The Labute approximate surface area is 181 Å². The SMILES string of the molecule is C=Cc1cc(C)cc2nc(-c3ccc(OC4O[C@H](C(=O)O)[C@@H](O)[C@H](O)[C@H]4O)c(F)c3)oc12. The van der Waals surface area contributed by atoms with Crippen molar-refractivity contribution < 1.29 is 43.5 Å². The Morgan fingerprint density at radius 1 is 1.19 bits per heavy atom. The molecule has 0 spiro atoms. The van der Waals surface area contributed by atoms with Gasteiger partial charge in [-0.1, -0.05) is 12.7 Å². The summed E-state index contributed by atoms with van der Waals surface area (Å²) in [7, 11) is 0. The van der Waals surface area contributed by atoms with Crippen molar-refractivity contribution in [1.82, 2.24) is 4.98 Å². The van der Waals surface area contributed by atoms with Crippen LogP contribution in [0.1, 0.15) is 11.1 Å². The van der Waals surface area contributed by atoms with Gasteiger partial charge in [0.25, 0.3) is 0 Å². The fourth-order valence-corrected chi connectivity index (χ4v) is 3.48. The third-order valence-corrected chi connectivity index (χ3v) is 5.12. The molecule has 1 fully saturated rings. The van der Waals surface area contributed by atoms with Gasteiger partial charge in [-0.25, -0.2) is 14.2 Å². The lowest BCUT2D eigenvalue weighted by Crippen LogP contribution is -2.61. The number of aryl methyl sites for hydroxylation is 1. The summed E-state index contributed by atoms with van der Waals surface area (Å²) in [6.07, 6.45) is -7.50. The fraction of sp³-hybridized carbons (Fsp3) is 0.273. The highest BCUT2D eigenvalue weighted by atomic mass is 19.1. The van der Waals surface area contributed by atoms with Crippen molar-refractivity contribution in [3.8, 4) is 17.2 Å². The predicted molar refractivity (Wildman–Crippen MR) is 109 cm³/mol. The average molecular weight is 445 g/mol. The number of benzene rings is 2. The van der Waals surface area contributed by atoms with Gasteiger partial charge in [-0.05, 0) is 42.8 Å². The van der Waals surface area contributed by atoms with Gasteiger partial charge >= 0.3 is 5.97 Å². The standard InChI is InChI=1S/C22H20FNO8/c1-3-10-6-9(2)7-13-18(10)31-20(24-13)11-4-5-14(12(23)8-11)30-22-17(27)15(25)16(26)19(32-22)21(28)29/h3-8,15-17,19,22,25-27H,1H2,2H3,(H,28,29)/t15-,16-,17+,19-,22?/m0/s1. The number of carboxylic acids is 1. The van der Waals surface area contributed by atoms with Gasteiger partial charge in [-0.3, -0.25) is 0 Å². The highest BCUT2D eigenvalue weighted by molar-refractivity contribution is 5.85. The largest absolute Gasteiger partial charge is 0.479 e. The van der Waals surface area contributed by atoms with Crippen LogP contribution in [0.3, 0.4) is 0 Å². The molecule has 0 saturated carbocycles. The second-order valence-corrected chi connectivity index (χ2v) is 7.42. The van der Waals surface area contributed by atoms with E-state index in [4.69, 9.17) is 19.0 Å². The lowest BCUT2D eigenvalue weighted by molar-refractivity contribution is -0.271. The number of hydrogen-bond acceptors (Lipinski definition) is 8. The van der Waals surface area contributed by atoms with Gasteiger partial charge < -0.3 is 34.3 Å². The van der Waals surface area contributed by atoms with E-state index in [1.54, 1.807) is 6.08 Å². The maximum atomic E-state index is 14.7. The summed E-state index contributed by atoms with van der Waals surface area (Å²) in [6, 6.07) is 7.48. The normalized spacial score (nSPS) is 25.6. The Morgan fingerprint density at radius 3 is 2.59 bits per heavy atom. The summed E-state index contributed by atoms with van der Waals surface area (Å²) >= 11 is 0. The van der Waals surface area contributed by atoms with Crippen molar-refractivity contribution in [2.24, 2.45) is 0 Å². The van der Waals surface area contributed by atoms with E-state index in [2.05, 4.69) is 11.6 Å². The molecular weight excluding hydrogens is 425 g/mol. The van der Waals surface area contributed by atoms with Crippen molar-refractivity contribution in [2.45, 2.75) is 37.6 Å². The minimum atomic E-state index is -1.88. The van der Waals surface area contributed by atoms with E-state index in [-0.39, 0.29) is 11.6 Å². The number of fused-ring (bicyclic) bond motifs is 1. The van der Waals surface area contributed by atoms with Gasteiger partial charge in [-0.15, -0.1) is 0 Å². The first kappa shape index (κ1) is 21.9. The average Bonchev–Trinajstić information content (AvgIpc) is 3.18. The number of aliphatic carboxylic acids is 1.